The van der Waals surface area contributed by atoms with Gasteiger partial charge >= 0.3 is 0 Å². The number of anilines is 1. The smallest absolute Gasteiger partial charge is 0.165 e. The average molecular weight is 383 g/mol. The summed E-state index contributed by atoms with van der Waals surface area (Å²) in [7, 11) is 0. The van der Waals surface area contributed by atoms with Crippen molar-refractivity contribution >= 4 is 17.3 Å². The molecule has 1 saturated heterocycles. The highest BCUT2D eigenvalue weighted by Gasteiger charge is 2.19. The van der Waals surface area contributed by atoms with E-state index in [-0.39, 0.29) is 0 Å². The van der Waals surface area contributed by atoms with E-state index in [0.29, 0.717) is 0 Å². The first-order chi connectivity index (χ1) is 13.3. The van der Waals surface area contributed by atoms with E-state index >= 15 is 0 Å². The van der Waals surface area contributed by atoms with Crippen LogP contribution in [0, 0.1) is 0 Å². The summed E-state index contributed by atoms with van der Waals surface area (Å²) in [6.45, 7) is 5.51. The van der Waals surface area contributed by atoms with Crippen LogP contribution in [0.15, 0.2) is 54.6 Å². The molecule has 1 aromatic heterocycles. The minimum atomic E-state index is 0.783. The van der Waals surface area contributed by atoms with Crippen LogP contribution in [0.3, 0.4) is 0 Å². The molecule has 0 aliphatic carbocycles. The molecule has 1 aliphatic rings. The fraction of sp³-hybridized carbons (Fsp3) is 0.350. The third-order valence-corrected chi connectivity index (χ3v) is 5.21. The topological polar surface area (TPSA) is 50.1 Å². The summed E-state index contributed by atoms with van der Waals surface area (Å²) in [6, 6.07) is 18.5. The van der Waals surface area contributed by atoms with Crippen molar-refractivity contribution in [3.05, 3.63) is 71.0 Å². The number of hydrogen-bond donors (Lipinski definition) is 0. The number of rotatable bonds is 6. The van der Waals surface area contributed by atoms with Gasteiger partial charge in [0.1, 0.15) is 0 Å². The molecular formula is C20H23ClN6. The quantitative estimate of drug-likeness (QED) is 0.656. The predicted molar refractivity (Wildman–Crippen MR) is 107 cm³/mol. The lowest BCUT2D eigenvalue weighted by Gasteiger charge is -2.35. The largest absolute Gasteiger partial charge is 0.369 e. The van der Waals surface area contributed by atoms with E-state index in [9.17, 15) is 0 Å². The molecule has 0 radical (unpaired) electrons. The normalized spacial score (nSPS) is 15.2. The van der Waals surface area contributed by atoms with Gasteiger partial charge in [-0.05, 0) is 40.6 Å². The molecule has 1 fully saturated rings. The maximum Gasteiger partial charge on any atom is 0.165 e. The monoisotopic (exact) mass is 382 g/mol. The highest BCUT2D eigenvalue weighted by atomic mass is 35.5. The molecule has 7 heteroatoms. The maximum atomic E-state index is 6.12. The number of piperazine rings is 1. The van der Waals surface area contributed by atoms with Crippen LogP contribution in [0.4, 0.5) is 5.69 Å². The third kappa shape index (κ3) is 4.64. The molecule has 0 amide bonds. The van der Waals surface area contributed by atoms with Crippen molar-refractivity contribution < 1.29 is 0 Å². The molecule has 0 N–H and O–H groups in total. The molecule has 6 nitrogen and oxygen atoms in total. The van der Waals surface area contributed by atoms with Crippen LogP contribution in [0.5, 0.6) is 0 Å². The highest BCUT2D eigenvalue weighted by Crippen LogP contribution is 2.21. The first kappa shape index (κ1) is 17.9. The lowest BCUT2D eigenvalue weighted by atomic mass is 10.1. The summed E-state index contributed by atoms with van der Waals surface area (Å²) in [5.41, 5.74) is 2.49. The summed E-state index contributed by atoms with van der Waals surface area (Å²) >= 11 is 6.12. The van der Waals surface area contributed by atoms with Gasteiger partial charge in [-0.3, -0.25) is 4.90 Å². The Balaban J connectivity index is 1.31. The molecule has 0 saturated carbocycles. The molecule has 27 heavy (non-hydrogen) atoms. The van der Waals surface area contributed by atoms with E-state index in [2.05, 4.69) is 55.7 Å². The van der Waals surface area contributed by atoms with Crippen LogP contribution in [-0.2, 0) is 19.5 Å². The molecule has 2 heterocycles. The minimum Gasteiger partial charge on any atom is -0.369 e. The Bertz CT molecular complexity index is 858. The Morgan fingerprint density at radius 2 is 1.74 bits per heavy atom. The first-order valence-electron chi connectivity index (χ1n) is 9.30. The number of hydrogen-bond acceptors (Lipinski definition) is 5. The zero-order valence-corrected chi connectivity index (χ0v) is 16.0. The lowest BCUT2D eigenvalue weighted by molar-refractivity contribution is 0.239. The summed E-state index contributed by atoms with van der Waals surface area (Å²) in [4.78, 5) is 4.78. The van der Waals surface area contributed by atoms with Gasteiger partial charge in [-0.2, -0.15) is 0 Å². The first-order valence-corrected chi connectivity index (χ1v) is 9.67. The Labute approximate surface area is 164 Å². The van der Waals surface area contributed by atoms with Crippen LogP contribution in [0.25, 0.3) is 0 Å². The number of halogens is 1. The van der Waals surface area contributed by atoms with Crippen LogP contribution in [0.1, 0.15) is 11.4 Å². The Kier molecular flexibility index (Phi) is 5.65. The molecule has 0 atom stereocenters. The second kappa shape index (κ2) is 8.50. The third-order valence-electron chi connectivity index (χ3n) is 4.97. The van der Waals surface area contributed by atoms with Gasteiger partial charge in [-0.25, -0.2) is 4.68 Å². The number of nitrogens with zero attached hydrogens (tertiary/aromatic N) is 6. The Morgan fingerprint density at radius 3 is 2.52 bits per heavy atom. The van der Waals surface area contributed by atoms with Gasteiger partial charge in [-0.15, -0.1) is 5.10 Å². The van der Waals surface area contributed by atoms with E-state index in [1.165, 1.54) is 11.3 Å². The fourth-order valence-electron chi connectivity index (χ4n) is 3.43. The van der Waals surface area contributed by atoms with E-state index < -0.39 is 0 Å². The Morgan fingerprint density at radius 1 is 0.926 bits per heavy atom. The highest BCUT2D eigenvalue weighted by molar-refractivity contribution is 6.30. The Hall–Kier alpha value is -2.44. The van der Waals surface area contributed by atoms with Crippen LogP contribution < -0.4 is 4.90 Å². The molecule has 1 aliphatic heterocycles. The SMILES string of the molecule is Clc1cccc(N2CCN(Cc3nnnn3CCc3ccccc3)CC2)c1. The van der Waals surface area contributed by atoms with Gasteiger partial charge in [0.05, 0.1) is 6.54 Å². The predicted octanol–water partition coefficient (Wildman–Crippen LogP) is 2.89. The second-order valence-electron chi connectivity index (χ2n) is 6.80. The van der Waals surface area contributed by atoms with Crippen molar-refractivity contribution in [2.45, 2.75) is 19.5 Å². The van der Waals surface area contributed by atoms with E-state index in [1.54, 1.807) is 0 Å². The van der Waals surface area contributed by atoms with E-state index in [0.717, 1.165) is 56.5 Å². The van der Waals surface area contributed by atoms with Crippen molar-refractivity contribution in [2.75, 3.05) is 31.1 Å². The van der Waals surface area contributed by atoms with Crippen LogP contribution >= 0.6 is 11.6 Å². The minimum absolute atomic E-state index is 0.783. The summed E-state index contributed by atoms with van der Waals surface area (Å²) in [6.07, 6.45) is 0.932. The average Bonchev–Trinajstić information content (AvgIpc) is 3.15. The zero-order valence-electron chi connectivity index (χ0n) is 15.2. The van der Waals surface area contributed by atoms with Gasteiger partial charge < -0.3 is 4.90 Å². The fourth-order valence-corrected chi connectivity index (χ4v) is 3.61. The molecule has 140 valence electrons. The van der Waals surface area contributed by atoms with E-state index in [1.807, 2.05) is 28.9 Å². The molecule has 0 spiro atoms. The summed E-state index contributed by atoms with van der Waals surface area (Å²) < 4.78 is 1.93. The van der Waals surface area contributed by atoms with Crippen LogP contribution in [0.2, 0.25) is 5.02 Å². The van der Waals surface area contributed by atoms with Gasteiger partial charge in [0, 0.05) is 43.4 Å². The van der Waals surface area contributed by atoms with Crippen LogP contribution in [-0.4, -0.2) is 51.3 Å². The number of benzene rings is 2. The molecule has 4 rings (SSSR count). The molecular weight excluding hydrogens is 360 g/mol. The summed E-state index contributed by atoms with van der Waals surface area (Å²) in [5.74, 6) is 0.933. The molecule has 0 bridgehead atoms. The van der Waals surface area contributed by atoms with Gasteiger partial charge in [0.25, 0.3) is 0 Å². The molecule has 2 aromatic carbocycles. The number of aromatic nitrogens is 4. The summed E-state index contributed by atoms with van der Waals surface area (Å²) in [5, 5.41) is 13.1. The van der Waals surface area contributed by atoms with Gasteiger partial charge in [-0.1, -0.05) is 48.0 Å². The molecule has 0 unspecified atom stereocenters. The van der Waals surface area contributed by atoms with Crippen molar-refractivity contribution in [1.29, 1.82) is 0 Å². The number of tetrazole rings is 1. The van der Waals surface area contributed by atoms with Gasteiger partial charge in [0.15, 0.2) is 5.82 Å². The lowest BCUT2D eigenvalue weighted by Crippen LogP contribution is -2.46. The van der Waals surface area contributed by atoms with Crippen molar-refractivity contribution in [2.24, 2.45) is 0 Å². The number of aryl methyl sites for hydroxylation is 2. The maximum absolute atomic E-state index is 6.12. The zero-order chi connectivity index (χ0) is 18.5. The second-order valence-corrected chi connectivity index (χ2v) is 7.23. The van der Waals surface area contributed by atoms with Crippen molar-refractivity contribution in [3.63, 3.8) is 0 Å². The van der Waals surface area contributed by atoms with E-state index in [4.69, 9.17) is 11.6 Å². The van der Waals surface area contributed by atoms with Gasteiger partial charge in [0.2, 0.25) is 0 Å². The standard InChI is InChI=1S/C20H23ClN6/c21-18-7-4-8-19(15-18)26-13-11-25(12-14-26)16-20-22-23-24-27(20)10-9-17-5-2-1-3-6-17/h1-8,15H,9-14,16H2. The molecule has 3 aromatic rings. The van der Waals surface area contributed by atoms with Crippen molar-refractivity contribution in [3.8, 4) is 0 Å². The van der Waals surface area contributed by atoms with Crippen molar-refractivity contribution in [1.82, 2.24) is 25.1 Å².